The largest absolute Gasteiger partial charge is 1.00 e. The van der Waals surface area contributed by atoms with Crippen LogP contribution < -0.4 is 12.4 Å². The first kappa shape index (κ1) is 43.7. The number of unbranched alkanes of at least 4 members (excludes halogenated alkanes) is 4. The van der Waals surface area contributed by atoms with Gasteiger partial charge in [0.25, 0.3) is 0 Å². The van der Waals surface area contributed by atoms with Crippen LogP contribution in [0.1, 0.15) is 143 Å². The minimum atomic E-state index is -0.645. The van der Waals surface area contributed by atoms with Crippen molar-refractivity contribution in [1.82, 2.24) is 19.9 Å². The molecule has 0 aromatic carbocycles. The third-order valence-corrected chi connectivity index (χ3v) is 8.49. The average molecular weight is 801 g/mol. The molecule has 2 N–H and O–H groups in total. The summed E-state index contributed by atoms with van der Waals surface area (Å²) < 4.78 is 22.6. The molecule has 2 aliphatic rings. The SMILES string of the molecule is CCCCOC(=O)c1c2nc(c(C(=O)OCCCC)c3ccc([nH]3)c(C(=O)OCCCC)c3ccc([nH]3)c(C(=O)OCCCC)c3nc1C=C3)C=C2.[Cl-].[Mn]. The molecule has 3 aromatic heterocycles. The summed E-state index contributed by atoms with van der Waals surface area (Å²) >= 11 is 0. The van der Waals surface area contributed by atoms with Crippen molar-refractivity contribution in [3.8, 4) is 0 Å². The number of aromatic amines is 2. The minimum Gasteiger partial charge on any atom is -1.00 e. The topological polar surface area (TPSA) is 163 Å². The summed E-state index contributed by atoms with van der Waals surface area (Å²) in [6.07, 6.45) is 12.5. The summed E-state index contributed by atoms with van der Waals surface area (Å²) in [7, 11) is 0. The van der Waals surface area contributed by atoms with Gasteiger partial charge in [0, 0.05) is 17.1 Å². The Labute approximate surface area is 331 Å². The van der Waals surface area contributed by atoms with Crippen molar-refractivity contribution < 1.29 is 67.6 Å². The second kappa shape index (κ2) is 21.2. The van der Waals surface area contributed by atoms with Crippen LogP contribution in [0, 0.1) is 0 Å². The van der Waals surface area contributed by atoms with E-state index in [1.54, 1.807) is 48.6 Å². The molecule has 14 heteroatoms. The zero-order valence-electron chi connectivity index (χ0n) is 31.0. The van der Waals surface area contributed by atoms with Crippen molar-refractivity contribution in [3.63, 3.8) is 0 Å². The number of nitrogens with zero attached hydrogens (tertiary/aromatic N) is 2. The van der Waals surface area contributed by atoms with Gasteiger partial charge in [0.2, 0.25) is 0 Å². The third kappa shape index (κ3) is 10.3. The number of carbonyl (C=O) groups is 4. The van der Waals surface area contributed by atoms with Gasteiger partial charge in [-0.2, -0.15) is 0 Å². The molecule has 0 fully saturated rings. The Hall–Kier alpha value is -4.71. The van der Waals surface area contributed by atoms with E-state index in [-0.39, 0.29) is 101 Å². The number of aromatic nitrogens is 4. The van der Waals surface area contributed by atoms with Gasteiger partial charge in [0.1, 0.15) is 22.3 Å². The van der Waals surface area contributed by atoms with Crippen LogP contribution >= 0.6 is 0 Å². The Bertz CT molecular complexity index is 1930. The molecule has 2 aliphatic heterocycles. The van der Waals surface area contributed by atoms with Crippen molar-refractivity contribution in [3.05, 3.63) is 69.3 Å². The molecule has 0 saturated heterocycles. The molecule has 289 valence electrons. The number of rotatable bonds is 16. The standard InChI is InChI=1S/C40H46N4O8.ClH.Mn/c1-5-9-21-49-37(45)33-25-13-15-27(41-25)34(38(46)50-22-10-6-2)29-17-19-31(43-29)36(40(48)52-24-12-8-4)32-20-18-30(44-32)35(28-16-14-26(33)42-28)39(47)51-23-11-7-3;;/h13-20,41-42H,5-12,21-24H2,1-4H3;1H;/p-1. The summed E-state index contributed by atoms with van der Waals surface area (Å²) in [4.78, 5) is 70.8. The van der Waals surface area contributed by atoms with Crippen molar-refractivity contribution in [2.75, 3.05) is 26.4 Å². The zero-order valence-corrected chi connectivity index (χ0v) is 33.0. The maximum atomic E-state index is 13.7. The van der Waals surface area contributed by atoms with Gasteiger partial charge in [-0.3, -0.25) is 0 Å². The fourth-order valence-corrected chi connectivity index (χ4v) is 5.59. The van der Waals surface area contributed by atoms with E-state index in [0.717, 1.165) is 25.7 Å². The molecule has 5 heterocycles. The van der Waals surface area contributed by atoms with Gasteiger partial charge in [0.05, 0.1) is 71.3 Å². The molecule has 8 bridgehead atoms. The molecule has 54 heavy (non-hydrogen) atoms. The first-order chi connectivity index (χ1) is 25.3. The number of halogens is 1. The predicted molar refractivity (Wildman–Crippen MR) is 200 cm³/mol. The van der Waals surface area contributed by atoms with Crippen molar-refractivity contribution in [2.45, 2.75) is 79.1 Å². The van der Waals surface area contributed by atoms with E-state index in [9.17, 15) is 19.2 Å². The van der Waals surface area contributed by atoms with Gasteiger partial charge in [-0.15, -0.1) is 0 Å². The number of nitrogens with one attached hydrogen (secondary N) is 2. The van der Waals surface area contributed by atoms with E-state index in [0.29, 0.717) is 47.8 Å². The summed E-state index contributed by atoms with van der Waals surface area (Å²) in [6.45, 7) is 8.79. The van der Waals surface area contributed by atoms with E-state index in [1.165, 1.54) is 0 Å². The number of hydrogen-bond donors (Lipinski definition) is 2. The fraction of sp³-hybridized carbons (Fsp3) is 0.400. The van der Waals surface area contributed by atoms with Crippen LogP contribution in [-0.2, 0) is 36.0 Å². The number of hydrogen-bond acceptors (Lipinski definition) is 10. The maximum Gasteiger partial charge on any atom is 0.342 e. The summed E-state index contributed by atoms with van der Waals surface area (Å²) in [5.41, 5.74) is 2.78. The molecule has 3 aromatic rings. The van der Waals surface area contributed by atoms with Crippen LogP contribution in [0.15, 0.2) is 24.3 Å². The second-order valence-corrected chi connectivity index (χ2v) is 12.5. The second-order valence-electron chi connectivity index (χ2n) is 12.5. The van der Waals surface area contributed by atoms with Crippen LogP contribution in [0.3, 0.4) is 0 Å². The molecule has 12 nitrogen and oxygen atoms in total. The first-order valence-electron chi connectivity index (χ1n) is 18.2. The Balaban J connectivity index is 0.00000392. The van der Waals surface area contributed by atoms with Gasteiger partial charge in [-0.05, 0) is 74.3 Å². The Morgan fingerprint density at radius 1 is 0.463 bits per heavy atom. The first-order valence-corrected chi connectivity index (χ1v) is 18.2. The Morgan fingerprint density at radius 3 is 1.04 bits per heavy atom. The summed E-state index contributed by atoms with van der Waals surface area (Å²) in [5.74, 6) is -2.49. The van der Waals surface area contributed by atoms with E-state index in [4.69, 9.17) is 28.9 Å². The van der Waals surface area contributed by atoms with Gasteiger partial charge in [-0.1, -0.05) is 53.4 Å². The molecule has 0 spiro atoms. The normalized spacial score (nSPS) is 11.3. The summed E-state index contributed by atoms with van der Waals surface area (Å²) in [5, 5.41) is 0. The molecule has 5 rings (SSSR count). The van der Waals surface area contributed by atoms with Crippen LogP contribution in [0.4, 0.5) is 0 Å². The minimum absolute atomic E-state index is 0. The molecule has 0 unspecified atom stereocenters. The smallest absolute Gasteiger partial charge is 0.342 e. The quantitative estimate of drug-likeness (QED) is 0.0566. The van der Waals surface area contributed by atoms with E-state index in [2.05, 4.69) is 9.97 Å². The zero-order chi connectivity index (χ0) is 37.0. The van der Waals surface area contributed by atoms with E-state index in [1.807, 2.05) is 27.7 Å². The van der Waals surface area contributed by atoms with Gasteiger partial charge in [-0.25, -0.2) is 29.1 Å². The molecule has 0 aliphatic carbocycles. The van der Waals surface area contributed by atoms with Crippen LogP contribution in [0.25, 0.3) is 46.4 Å². The van der Waals surface area contributed by atoms with Gasteiger partial charge >= 0.3 is 23.9 Å². The van der Waals surface area contributed by atoms with Crippen molar-refractivity contribution >= 4 is 70.2 Å². The number of esters is 4. The van der Waals surface area contributed by atoms with Gasteiger partial charge in [0.15, 0.2) is 0 Å². The van der Waals surface area contributed by atoms with Crippen LogP contribution in [-0.4, -0.2) is 70.2 Å². The number of H-pyrrole nitrogens is 2. The molecular formula is C40H46ClMnN4O8-. The molecule has 1 radical (unpaired) electrons. The third-order valence-electron chi connectivity index (χ3n) is 8.49. The molecular weight excluding hydrogens is 755 g/mol. The summed E-state index contributed by atoms with van der Waals surface area (Å²) in [6, 6.07) is 6.67. The van der Waals surface area contributed by atoms with Crippen molar-refractivity contribution in [1.29, 1.82) is 0 Å². The molecule has 0 amide bonds. The number of carbonyl (C=O) groups excluding carboxylic acids is 4. The molecule has 0 saturated carbocycles. The number of fused-ring (bicyclic) bond motifs is 8. The van der Waals surface area contributed by atoms with E-state index >= 15 is 0 Å². The van der Waals surface area contributed by atoms with E-state index < -0.39 is 23.9 Å². The van der Waals surface area contributed by atoms with Gasteiger partial charge < -0.3 is 41.3 Å². The van der Waals surface area contributed by atoms with Crippen LogP contribution in [0.2, 0.25) is 0 Å². The Kier molecular flexibility index (Phi) is 17.2. The Morgan fingerprint density at radius 2 is 0.722 bits per heavy atom. The van der Waals surface area contributed by atoms with Crippen LogP contribution in [0.5, 0.6) is 0 Å². The predicted octanol–water partition coefficient (Wildman–Crippen LogP) is 5.48. The fourth-order valence-electron chi connectivity index (χ4n) is 5.59. The maximum absolute atomic E-state index is 13.7. The van der Waals surface area contributed by atoms with Crippen molar-refractivity contribution in [2.24, 2.45) is 0 Å². The monoisotopic (exact) mass is 800 g/mol. The number of ether oxygens (including phenoxy) is 4. The molecule has 0 atom stereocenters. The average Bonchev–Trinajstić information content (AvgIpc) is 3.96.